The quantitative estimate of drug-likeness (QED) is 0.188. The molecule has 30 heavy (non-hydrogen) atoms. The van der Waals surface area contributed by atoms with Crippen LogP contribution in [0.25, 0.3) is 0 Å². The van der Waals surface area contributed by atoms with Gasteiger partial charge in [0.05, 0.1) is 0 Å². The number of carbonyl (C=O) groups excluding carboxylic acids is 1. The van der Waals surface area contributed by atoms with Gasteiger partial charge < -0.3 is 4.74 Å². The van der Waals surface area contributed by atoms with E-state index in [0.717, 1.165) is 6.42 Å². The molecule has 169 valence electrons. The van der Waals surface area contributed by atoms with E-state index in [-0.39, 0.29) is 0 Å². The number of ether oxygens (including phenoxy) is 1. The van der Waals surface area contributed by atoms with Gasteiger partial charge in [0.15, 0.2) is 0 Å². The van der Waals surface area contributed by atoms with E-state index in [1.807, 2.05) is 6.07 Å². The molecule has 0 amide bonds. The Kier molecular flexibility index (Phi) is 13.6. The Labute approximate surface area is 186 Å². The maximum atomic E-state index is 11.0. The van der Waals surface area contributed by atoms with Crippen molar-refractivity contribution in [3.8, 4) is 5.75 Å². The average molecular weight is 414 g/mol. The van der Waals surface area contributed by atoms with Crippen LogP contribution >= 0.6 is 0 Å². The van der Waals surface area contributed by atoms with Crippen molar-refractivity contribution < 1.29 is 9.53 Å². The van der Waals surface area contributed by atoms with Crippen LogP contribution in [-0.2, 0) is 11.2 Å². The molecule has 0 unspecified atom stereocenters. The Morgan fingerprint density at radius 3 is 2.00 bits per heavy atom. The zero-order valence-electron chi connectivity index (χ0n) is 19.6. The van der Waals surface area contributed by atoms with Crippen LogP contribution in [0.15, 0.2) is 12.1 Å². The summed E-state index contributed by atoms with van der Waals surface area (Å²) >= 11 is 0. The molecule has 1 saturated carbocycles. The molecule has 2 nitrogen and oxygen atoms in total. The lowest BCUT2D eigenvalue weighted by Crippen LogP contribution is -2.10. The minimum absolute atomic E-state index is 0.545. The second-order valence-electron chi connectivity index (χ2n) is 9.29. The fraction of sp³-hybridized carbons (Fsp3) is 0.750. The zero-order valence-corrected chi connectivity index (χ0v) is 19.6. The molecule has 0 aromatic heterocycles. The molecule has 0 spiro atoms. The van der Waals surface area contributed by atoms with E-state index in [4.69, 9.17) is 4.74 Å². The second-order valence-corrected chi connectivity index (χ2v) is 9.29. The monoisotopic (exact) mass is 413 g/mol. The third-order valence-corrected chi connectivity index (χ3v) is 6.82. The van der Waals surface area contributed by atoms with Crippen molar-refractivity contribution in [2.75, 3.05) is 0 Å². The van der Waals surface area contributed by atoms with Gasteiger partial charge in [-0.1, -0.05) is 115 Å². The molecule has 0 aliphatic heterocycles. The fourth-order valence-electron chi connectivity index (χ4n) is 5.07. The summed E-state index contributed by atoms with van der Waals surface area (Å²) in [5.41, 5.74) is 2.67. The highest BCUT2D eigenvalue weighted by Gasteiger charge is 2.22. The molecule has 1 aromatic rings. The van der Waals surface area contributed by atoms with E-state index in [9.17, 15) is 4.79 Å². The summed E-state index contributed by atoms with van der Waals surface area (Å²) in [7, 11) is 0. The third kappa shape index (κ3) is 9.67. The van der Waals surface area contributed by atoms with Gasteiger partial charge in [0.1, 0.15) is 5.75 Å². The summed E-state index contributed by atoms with van der Waals surface area (Å²) in [5, 5.41) is 0. The molecular formula is C28H45O2. The van der Waals surface area contributed by atoms with Gasteiger partial charge in [-0.3, -0.25) is 4.79 Å². The first-order valence-corrected chi connectivity index (χ1v) is 13.0. The molecule has 0 atom stereocenters. The molecule has 0 bridgehead atoms. The lowest BCUT2D eigenvalue weighted by Gasteiger charge is -2.26. The minimum atomic E-state index is 0.545. The maximum Gasteiger partial charge on any atom is 0.298 e. The highest BCUT2D eigenvalue weighted by Crippen LogP contribution is 2.39. The number of hydrogen-bond acceptors (Lipinski definition) is 2. The first kappa shape index (κ1) is 25.0. The van der Waals surface area contributed by atoms with E-state index in [2.05, 4.69) is 19.1 Å². The normalized spacial score (nSPS) is 14.7. The van der Waals surface area contributed by atoms with Crippen molar-refractivity contribution in [3.05, 3.63) is 29.3 Å². The summed E-state index contributed by atoms with van der Waals surface area (Å²) < 4.78 is 5.31. The van der Waals surface area contributed by atoms with Crippen LogP contribution in [0.1, 0.15) is 140 Å². The first-order chi connectivity index (χ1) is 14.9. The van der Waals surface area contributed by atoms with Crippen LogP contribution in [-0.4, -0.2) is 6.47 Å². The van der Waals surface area contributed by atoms with Gasteiger partial charge >= 0.3 is 0 Å². The van der Waals surface area contributed by atoms with E-state index in [1.54, 1.807) is 0 Å². The van der Waals surface area contributed by atoms with Crippen LogP contribution in [0.4, 0.5) is 0 Å². The van der Waals surface area contributed by atoms with E-state index >= 15 is 0 Å². The van der Waals surface area contributed by atoms with Crippen molar-refractivity contribution >= 4 is 6.47 Å². The maximum absolute atomic E-state index is 11.0. The van der Waals surface area contributed by atoms with Crippen molar-refractivity contribution in [2.45, 2.75) is 135 Å². The summed E-state index contributed by atoms with van der Waals surface area (Å²) in [6.07, 6.45) is 25.5. The Morgan fingerprint density at radius 1 is 0.867 bits per heavy atom. The van der Waals surface area contributed by atoms with Gasteiger partial charge in [-0.25, -0.2) is 0 Å². The van der Waals surface area contributed by atoms with Gasteiger partial charge in [0, 0.05) is 11.6 Å². The standard InChI is InChI=1S/C28H45O2/c1-2-3-4-5-6-7-8-9-10-11-12-13-15-19-26-22-18-23-27(30-24-29)28(26)25-20-16-14-17-21-25/h18,22,24-25H,2-17,19-21H2,1H3. The molecule has 0 N–H and O–H groups in total. The molecular weight excluding hydrogens is 368 g/mol. The van der Waals surface area contributed by atoms with Gasteiger partial charge in [-0.05, 0) is 37.2 Å². The summed E-state index contributed by atoms with van der Waals surface area (Å²) in [5.74, 6) is 1.23. The molecule has 0 saturated heterocycles. The molecule has 1 fully saturated rings. The van der Waals surface area contributed by atoms with Crippen LogP contribution in [0.2, 0.25) is 0 Å². The number of rotatable bonds is 17. The Balaban J connectivity index is 1.62. The summed E-state index contributed by atoms with van der Waals surface area (Å²) in [4.78, 5) is 11.0. The summed E-state index contributed by atoms with van der Waals surface area (Å²) in [6, 6.07) is 7.31. The van der Waals surface area contributed by atoms with Crippen molar-refractivity contribution in [1.82, 2.24) is 0 Å². The molecule has 0 heterocycles. The zero-order chi connectivity index (χ0) is 21.3. The van der Waals surface area contributed by atoms with E-state index < -0.39 is 0 Å². The molecule has 1 radical (unpaired) electrons. The largest absolute Gasteiger partial charge is 0.428 e. The predicted molar refractivity (Wildman–Crippen MR) is 127 cm³/mol. The smallest absolute Gasteiger partial charge is 0.298 e. The van der Waals surface area contributed by atoms with Gasteiger partial charge in [-0.15, -0.1) is 0 Å². The Hall–Kier alpha value is -1.31. The van der Waals surface area contributed by atoms with E-state index in [0.29, 0.717) is 18.1 Å². The number of aryl methyl sites for hydroxylation is 1. The first-order valence-electron chi connectivity index (χ1n) is 13.0. The highest BCUT2D eigenvalue weighted by molar-refractivity contribution is 5.51. The number of benzene rings is 1. The Morgan fingerprint density at radius 2 is 1.43 bits per heavy atom. The second kappa shape index (κ2) is 16.4. The molecule has 1 aliphatic rings. The minimum Gasteiger partial charge on any atom is -0.428 e. The van der Waals surface area contributed by atoms with Gasteiger partial charge in [0.25, 0.3) is 6.47 Å². The third-order valence-electron chi connectivity index (χ3n) is 6.82. The lowest BCUT2D eigenvalue weighted by atomic mass is 9.80. The fourth-order valence-corrected chi connectivity index (χ4v) is 5.07. The van der Waals surface area contributed by atoms with Crippen LogP contribution in [0, 0.1) is 6.07 Å². The molecule has 1 aliphatic carbocycles. The van der Waals surface area contributed by atoms with Crippen molar-refractivity contribution in [1.29, 1.82) is 0 Å². The van der Waals surface area contributed by atoms with Gasteiger partial charge in [-0.2, -0.15) is 0 Å². The predicted octanol–water partition coefficient (Wildman–Crippen LogP) is 8.70. The Bertz CT molecular complexity index is 560. The molecule has 2 rings (SSSR count). The molecule has 1 aromatic carbocycles. The van der Waals surface area contributed by atoms with Crippen molar-refractivity contribution in [2.24, 2.45) is 0 Å². The SMILES string of the molecule is CCCCCCCCCCCCCCCc1cc[c]c(OC=O)c1C1CCCCC1. The number of hydrogen-bond donors (Lipinski definition) is 0. The summed E-state index contributed by atoms with van der Waals surface area (Å²) in [6.45, 7) is 2.85. The van der Waals surface area contributed by atoms with Gasteiger partial charge in [0.2, 0.25) is 0 Å². The van der Waals surface area contributed by atoms with Crippen LogP contribution in [0.5, 0.6) is 5.75 Å². The topological polar surface area (TPSA) is 26.3 Å². The number of carbonyl (C=O) groups is 1. The molecule has 2 heteroatoms. The van der Waals surface area contributed by atoms with E-state index in [1.165, 1.54) is 127 Å². The van der Waals surface area contributed by atoms with Crippen molar-refractivity contribution in [3.63, 3.8) is 0 Å². The number of unbranched alkanes of at least 4 members (excludes halogenated alkanes) is 12. The lowest BCUT2D eigenvalue weighted by molar-refractivity contribution is -0.120. The van der Waals surface area contributed by atoms with Crippen LogP contribution in [0.3, 0.4) is 0 Å². The average Bonchev–Trinajstić information content (AvgIpc) is 2.78. The van der Waals surface area contributed by atoms with Crippen LogP contribution < -0.4 is 4.74 Å². The highest BCUT2D eigenvalue weighted by atomic mass is 16.5.